The fourth-order valence-electron chi connectivity index (χ4n) is 4.21. The number of ether oxygens (including phenoxy) is 2. The average molecular weight is 445 g/mol. The van der Waals surface area contributed by atoms with E-state index in [0.29, 0.717) is 22.7 Å². The van der Waals surface area contributed by atoms with Crippen molar-refractivity contribution in [3.63, 3.8) is 0 Å². The molecule has 1 aliphatic carbocycles. The second-order valence-electron chi connectivity index (χ2n) is 8.17. The van der Waals surface area contributed by atoms with Gasteiger partial charge in [-0.2, -0.15) is 4.98 Å². The summed E-state index contributed by atoms with van der Waals surface area (Å²) < 4.78 is 40.6. The van der Waals surface area contributed by atoms with Crippen LogP contribution in [0.2, 0.25) is 0 Å². The molecule has 1 fully saturated rings. The van der Waals surface area contributed by atoms with E-state index in [1.807, 2.05) is 13.0 Å². The third-order valence-corrected chi connectivity index (χ3v) is 6.06. The summed E-state index contributed by atoms with van der Waals surface area (Å²) >= 11 is 0. The topological polar surface area (TPSA) is 100 Å². The molecule has 32 heavy (non-hydrogen) atoms. The predicted molar refractivity (Wildman–Crippen MR) is 112 cm³/mol. The lowest BCUT2D eigenvalue weighted by molar-refractivity contribution is -0.0439. The molecule has 9 nitrogen and oxygen atoms in total. The summed E-state index contributed by atoms with van der Waals surface area (Å²) in [6.45, 7) is 2.03. The molecule has 2 aliphatic rings. The van der Waals surface area contributed by atoms with Crippen LogP contribution in [0.5, 0.6) is 11.5 Å². The highest BCUT2D eigenvalue weighted by Crippen LogP contribution is 2.39. The van der Waals surface area contributed by atoms with Gasteiger partial charge in [0.1, 0.15) is 5.52 Å². The number of hydrogen-bond donors (Lipinski definition) is 1. The lowest BCUT2D eigenvalue weighted by atomic mass is 9.92. The van der Waals surface area contributed by atoms with Gasteiger partial charge in [0.05, 0.1) is 6.20 Å². The van der Waals surface area contributed by atoms with Crippen LogP contribution in [0.1, 0.15) is 37.3 Å². The van der Waals surface area contributed by atoms with Crippen molar-refractivity contribution in [3.8, 4) is 11.5 Å². The highest BCUT2D eigenvalue weighted by Gasteiger charge is 2.36. The first kappa shape index (κ1) is 20.4. The number of alkyl halides is 2. The Labute approximate surface area is 180 Å². The number of hydrogen-bond acceptors (Lipinski definition) is 7. The maximum Gasteiger partial charge on any atom is 0.318 e. The summed E-state index contributed by atoms with van der Waals surface area (Å²) in [5.74, 6) is -1.33. The van der Waals surface area contributed by atoms with Crippen molar-refractivity contribution in [3.05, 3.63) is 44.6 Å². The standard InChI is InChI=1S/C21H21F2N5O4/c1-11-7-15-16(32-10-31-15)8-13(11)25-20-24-9-14-17(26-20)28(19(30)18(29)27(14)2)12-3-5-21(22,23)6-4-12/h7-9,12H,3-6,10H2,1-2H3,(H,24,25,26). The van der Waals surface area contributed by atoms with Crippen molar-refractivity contribution in [2.24, 2.45) is 7.05 Å². The lowest BCUT2D eigenvalue weighted by Gasteiger charge is -2.30. The fourth-order valence-corrected chi connectivity index (χ4v) is 4.21. The van der Waals surface area contributed by atoms with Gasteiger partial charge in [-0.3, -0.25) is 14.2 Å². The molecule has 1 aliphatic heterocycles. The summed E-state index contributed by atoms with van der Waals surface area (Å²) in [6, 6.07) is 3.06. The molecule has 0 amide bonds. The molecular weight excluding hydrogens is 424 g/mol. The Morgan fingerprint density at radius 1 is 1.12 bits per heavy atom. The highest BCUT2D eigenvalue weighted by molar-refractivity contribution is 5.73. The van der Waals surface area contributed by atoms with Crippen LogP contribution in [0, 0.1) is 6.92 Å². The molecule has 1 aromatic carbocycles. The normalized spacial score (nSPS) is 17.6. The van der Waals surface area contributed by atoms with Crippen molar-refractivity contribution >= 4 is 22.8 Å². The molecule has 3 aromatic rings. The number of halogens is 2. The van der Waals surface area contributed by atoms with Crippen LogP contribution >= 0.6 is 0 Å². The molecule has 5 rings (SSSR count). The molecule has 2 aromatic heterocycles. The largest absolute Gasteiger partial charge is 0.454 e. The fraction of sp³-hybridized carbons (Fsp3) is 0.429. The molecule has 0 atom stereocenters. The maximum absolute atomic E-state index is 13.7. The molecule has 0 bridgehead atoms. The zero-order valence-corrected chi connectivity index (χ0v) is 17.5. The zero-order chi connectivity index (χ0) is 22.6. The molecule has 0 spiro atoms. The number of nitrogens with zero attached hydrogens (tertiary/aromatic N) is 4. The number of aromatic nitrogens is 4. The van der Waals surface area contributed by atoms with Crippen LogP contribution < -0.4 is 25.9 Å². The Morgan fingerprint density at radius 2 is 1.81 bits per heavy atom. The third-order valence-electron chi connectivity index (χ3n) is 6.06. The van der Waals surface area contributed by atoms with Crippen LogP contribution in [0.25, 0.3) is 11.2 Å². The second kappa shape index (κ2) is 7.28. The van der Waals surface area contributed by atoms with Crippen LogP contribution in [0.3, 0.4) is 0 Å². The van der Waals surface area contributed by atoms with Crippen LogP contribution in [0.15, 0.2) is 27.9 Å². The minimum Gasteiger partial charge on any atom is -0.454 e. The van der Waals surface area contributed by atoms with Gasteiger partial charge in [-0.25, -0.2) is 13.8 Å². The molecule has 0 unspecified atom stereocenters. The molecule has 0 radical (unpaired) electrons. The number of fused-ring (bicyclic) bond motifs is 2. The number of aryl methyl sites for hydroxylation is 2. The van der Waals surface area contributed by atoms with Crippen LogP contribution in [0.4, 0.5) is 20.4 Å². The molecule has 11 heteroatoms. The zero-order valence-electron chi connectivity index (χ0n) is 17.5. The summed E-state index contributed by atoms with van der Waals surface area (Å²) in [4.78, 5) is 34.1. The van der Waals surface area contributed by atoms with Crippen molar-refractivity contribution in [1.29, 1.82) is 0 Å². The Hall–Kier alpha value is -3.50. The van der Waals surface area contributed by atoms with E-state index in [1.54, 1.807) is 6.07 Å². The predicted octanol–water partition coefficient (Wildman–Crippen LogP) is 3.02. The Morgan fingerprint density at radius 3 is 2.53 bits per heavy atom. The maximum atomic E-state index is 13.7. The van der Waals surface area contributed by atoms with Crippen LogP contribution in [-0.2, 0) is 7.05 Å². The first-order valence-corrected chi connectivity index (χ1v) is 10.3. The van der Waals surface area contributed by atoms with E-state index in [0.717, 1.165) is 5.56 Å². The van der Waals surface area contributed by atoms with Crippen LogP contribution in [-0.4, -0.2) is 31.8 Å². The Kier molecular flexibility index (Phi) is 4.64. The summed E-state index contributed by atoms with van der Waals surface area (Å²) in [7, 11) is 1.46. The van der Waals surface area contributed by atoms with E-state index in [-0.39, 0.29) is 44.1 Å². The molecule has 3 heterocycles. The van der Waals surface area contributed by atoms with E-state index in [9.17, 15) is 18.4 Å². The first-order valence-electron chi connectivity index (χ1n) is 10.3. The summed E-state index contributed by atoms with van der Waals surface area (Å²) in [5, 5.41) is 3.11. The van der Waals surface area contributed by atoms with Gasteiger partial charge in [-0.1, -0.05) is 0 Å². The minimum absolute atomic E-state index is 0.0865. The van der Waals surface area contributed by atoms with E-state index >= 15 is 0 Å². The minimum atomic E-state index is -2.76. The van der Waals surface area contributed by atoms with Crippen molar-refractivity contribution in [2.45, 2.75) is 44.6 Å². The monoisotopic (exact) mass is 445 g/mol. The Bertz CT molecular complexity index is 1340. The van der Waals surface area contributed by atoms with Gasteiger partial charge in [-0.15, -0.1) is 0 Å². The van der Waals surface area contributed by atoms with Gasteiger partial charge in [0, 0.05) is 37.7 Å². The number of rotatable bonds is 3. The second-order valence-corrected chi connectivity index (χ2v) is 8.17. The van der Waals surface area contributed by atoms with Crippen molar-refractivity contribution < 1.29 is 18.3 Å². The van der Waals surface area contributed by atoms with E-state index in [1.165, 1.54) is 22.4 Å². The van der Waals surface area contributed by atoms with Gasteiger partial charge in [0.2, 0.25) is 18.7 Å². The summed E-state index contributed by atoms with van der Waals surface area (Å²) in [6.07, 6.45) is 0.939. The lowest BCUT2D eigenvalue weighted by Crippen LogP contribution is -2.43. The van der Waals surface area contributed by atoms with Crippen molar-refractivity contribution in [1.82, 2.24) is 19.1 Å². The first-order chi connectivity index (χ1) is 15.2. The molecular formula is C21H21F2N5O4. The molecule has 1 saturated carbocycles. The smallest absolute Gasteiger partial charge is 0.318 e. The molecule has 168 valence electrons. The average Bonchev–Trinajstić information content (AvgIpc) is 3.20. The van der Waals surface area contributed by atoms with Gasteiger partial charge in [-0.05, 0) is 31.4 Å². The number of benzene rings is 1. The molecule has 0 saturated heterocycles. The van der Waals surface area contributed by atoms with E-state index < -0.39 is 23.1 Å². The Balaban J connectivity index is 1.59. The van der Waals surface area contributed by atoms with Crippen molar-refractivity contribution in [2.75, 3.05) is 12.1 Å². The van der Waals surface area contributed by atoms with Gasteiger partial charge in [0.25, 0.3) is 0 Å². The SMILES string of the molecule is Cc1cc2c(cc1Nc1ncc3c(n1)n(C1CCC(F)(F)CC1)c(=O)c(=O)n3C)OCO2. The van der Waals surface area contributed by atoms with E-state index in [2.05, 4.69) is 15.3 Å². The quantitative estimate of drug-likeness (QED) is 0.619. The molecule has 1 N–H and O–H groups in total. The van der Waals surface area contributed by atoms with E-state index in [4.69, 9.17) is 9.47 Å². The third kappa shape index (κ3) is 3.37. The summed E-state index contributed by atoms with van der Waals surface area (Å²) in [5.41, 5.74) is 0.600. The number of nitrogens with one attached hydrogen (secondary N) is 1. The van der Waals surface area contributed by atoms with Gasteiger partial charge < -0.3 is 19.4 Å². The number of anilines is 2. The van der Waals surface area contributed by atoms with Gasteiger partial charge in [0.15, 0.2) is 17.1 Å². The van der Waals surface area contributed by atoms with Gasteiger partial charge >= 0.3 is 11.1 Å². The highest BCUT2D eigenvalue weighted by atomic mass is 19.3.